The van der Waals surface area contributed by atoms with Crippen molar-refractivity contribution in [3.63, 3.8) is 0 Å². The molecule has 1 saturated heterocycles. The highest BCUT2D eigenvalue weighted by Gasteiger charge is 2.23. The maximum atomic E-state index is 11.1. The van der Waals surface area contributed by atoms with Crippen molar-refractivity contribution in [2.45, 2.75) is 19.1 Å². The van der Waals surface area contributed by atoms with E-state index in [1.54, 1.807) is 0 Å². The van der Waals surface area contributed by atoms with Gasteiger partial charge in [0.15, 0.2) is 5.78 Å². The van der Waals surface area contributed by atoms with E-state index >= 15 is 0 Å². The molecule has 0 aromatic heterocycles. The minimum Gasteiger partial charge on any atom is -0.386 e. The molecule has 0 radical (unpaired) electrons. The van der Waals surface area contributed by atoms with Crippen molar-refractivity contribution < 1.29 is 9.90 Å². The van der Waals surface area contributed by atoms with Gasteiger partial charge in [-0.05, 0) is 6.92 Å². The van der Waals surface area contributed by atoms with E-state index in [2.05, 4.69) is 10.6 Å². The Balaban J connectivity index is 2.39. The van der Waals surface area contributed by atoms with E-state index in [0.717, 1.165) is 13.1 Å². The Bertz CT molecular complexity index is 141. The summed E-state index contributed by atoms with van der Waals surface area (Å²) in [7, 11) is 0. The quantitative estimate of drug-likeness (QED) is 0.457. The van der Waals surface area contributed by atoms with Gasteiger partial charge in [-0.25, -0.2) is 0 Å². The Morgan fingerprint density at radius 1 is 1.64 bits per heavy atom. The molecule has 1 rings (SSSR count). The maximum Gasteiger partial charge on any atom is 0.179 e. The Morgan fingerprint density at radius 3 is 2.82 bits per heavy atom. The van der Waals surface area contributed by atoms with Crippen LogP contribution < -0.4 is 10.6 Å². The number of Topliss-reactive ketones (excluding diaryl/α,β-unsaturated/α-hetero) is 1. The van der Waals surface area contributed by atoms with Crippen LogP contribution in [0.4, 0.5) is 0 Å². The molecule has 0 aliphatic carbocycles. The molecule has 2 atom stereocenters. The Hall–Kier alpha value is -0.450. The van der Waals surface area contributed by atoms with Crippen molar-refractivity contribution in [1.82, 2.24) is 10.6 Å². The van der Waals surface area contributed by atoms with Crippen LogP contribution in [-0.2, 0) is 4.79 Å². The highest BCUT2D eigenvalue weighted by molar-refractivity contribution is 5.87. The predicted octanol–water partition coefficient (Wildman–Crippen LogP) is -1.50. The second-order valence-electron chi connectivity index (χ2n) is 2.79. The minimum atomic E-state index is -0.854. The van der Waals surface area contributed by atoms with Gasteiger partial charge in [-0.3, -0.25) is 4.79 Å². The zero-order valence-corrected chi connectivity index (χ0v) is 6.63. The SMILES string of the molecule is C[C@@H](O)C(=O)[C@@H]1CNCCN1. The zero-order chi connectivity index (χ0) is 8.27. The third-order valence-electron chi connectivity index (χ3n) is 1.80. The van der Waals surface area contributed by atoms with Gasteiger partial charge in [-0.15, -0.1) is 0 Å². The number of carbonyl (C=O) groups is 1. The lowest BCUT2D eigenvalue weighted by Crippen LogP contribution is -2.54. The van der Waals surface area contributed by atoms with Gasteiger partial charge in [0.2, 0.25) is 0 Å². The highest BCUT2D eigenvalue weighted by Crippen LogP contribution is 1.93. The first-order valence-corrected chi connectivity index (χ1v) is 3.87. The van der Waals surface area contributed by atoms with E-state index in [-0.39, 0.29) is 11.8 Å². The average Bonchev–Trinajstić information content (AvgIpc) is 2.05. The average molecular weight is 158 g/mol. The second-order valence-corrected chi connectivity index (χ2v) is 2.79. The molecule has 4 heteroatoms. The van der Waals surface area contributed by atoms with E-state index in [4.69, 9.17) is 5.11 Å². The Labute approximate surface area is 66.0 Å². The summed E-state index contributed by atoms with van der Waals surface area (Å²) in [5.74, 6) is -0.128. The number of ketones is 1. The first kappa shape index (κ1) is 8.64. The third-order valence-corrected chi connectivity index (χ3v) is 1.80. The van der Waals surface area contributed by atoms with Crippen LogP contribution in [0.3, 0.4) is 0 Å². The molecule has 1 aliphatic rings. The number of rotatable bonds is 2. The molecule has 11 heavy (non-hydrogen) atoms. The lowest BCUT2D eigenvalue weighted by Gasteiger charge is -2.24. The van der Waals surface area contributed by atoms with Gasteiger partial charge in [0.05, 0.1) is 6.04 Å². The molecular weight excluding hydrogens is 144 g/mol. The van der Waals surface area contributed by atoms with Crippen LogP contribution in [0.15, 0.2) is 0 Å². The lowest BCUT2D eigenvalue weighted by molar-refractivity contribution is -0.128. The van der Waals surface area contributed by atoms with Crippen LogP contribution in [-0.4, -0.2) is 42.7 Å². The van der Waals surface area contributed by atoms with Crippen LogP contribution in [0.25, 0.3) is 0 Å². The number of aliphatic hydroxyl groups is 1. The fourth-order valence-electron chi connectivity index (χ4n) is 1.15. The van der Waals surface area contributed by atoms with Gasteiger partial charge in [0, 0.05) is 19.6 Å². The number of nitrogens with one attached hydrogen (secondary N) is 2. The van der Waals surface area contributed by atoms with E-state index in [1.807, 2.05) is 0 Å². The standard InChI is InChI=1S/C7H14N2O2/c1-5(10)7(11)6-4-8-2-3-9-6/h5-6,8-10H,2-4H2,1H3/t5-,6+/m1/s1. The molecule has 0 aromatic carbocycles. The molecule has 1 heterocycles. The molecule has 64 valence electrons. The first-order valence-electron chi connectivity index (χ1n) is 3.87. The third kappa shape index (κ3) is 2.25. The molecule has 1 aliphatic heterocycles. The van der Waals surface area contributed by atoms with Crippen molar-refractivity contribution in [1.29, 1.82) is 0 Å². The minimum absolute atomic E-state index is 0.128. The molecule has 3 N–H and O–H groups in total. The van der Waals surface area contributed by atoms with Crippen molar-refractivity contribution in [2.24, 2.45) is 0 Å². The molecule has 4 nitrogen and oxygen atoms in total. The zero-order valence-electron chi connectivity index (χ0n) is 6.63. The van der Waals surface area contributed by atoms with Gasteiger partial charge in [0.25, 0.3) is 0 Å². The number of hydrogen-bond acceptors (Lipinski definition) is 4. The highest BCUT2D eigenvalue weighted by atomic mass is 16.3. The number of piperazine rings is 1. The summed E-state index contributed by atoms with van der Waals surface area (Å²) < 4.78 is 0. The van der Waals surface area contributed by atoms with Gasteiger partial charge in [-0.1, -0.05) is 0 Å². The Kier molecular flexibility index (Phi) is 2.99. The monoisotopic (exact) mass is 158 g/mol. The smallest absolute Gasteiger partial charge is 0.179 e. The number of aliphatic hydroxyl groups excluding tert-OH is 1. The molecule has 0 spiro atoms. The van der Waals surface area contributed by atoms with Gasteiger partial charge >= 0.3 is 0 Å². The lowest BCUT2D eigenvalue weighted by atomic mass is 10.1. The Morgan fingerprint density at radius 2 is 2.36 bits per heavy atom. The molecule has 0 amide bonds. The van der Waals surface area contributed by atoms with Crippen LogP contribution >= 0.6 is 0 Å². The fourth-order valence-corrected chi connectivity index (χ4v) is 1.15. The summed E-state index contributed by atoms with van der Waals surface area (Å²) in [6.45, 7) is 3.81. The molecule has 0 aromatic rings. The van der Waals surface area contributed by atoms with E-state index in [1.165, 1.54) is 6.92 Å². The van der Waals surface area contributed by atoms with Crippen LogP contribution in [0.2, 0.25) is 0 Å². The summed E-state index contributed by atoms with van der Waals surface area (Å²) in [4.78, 5) is 11.1. The fraction of sp³-hybridized carbons (Fsp3) is 0.857. The second kappa shape index (κ2) is 3.80. The molecule has 0 saturated carbocycles. The summed E-state index contributed by atoms with van der Waals surface area (Å²) in [6.07, 6.45) is -0.854. The molecule has 0 bridgehead atoms. The number of carbonyl (C=O) groups excluding carboxylic acids is 1. The largest absolute Gasteiger partial charge is 0.386 e. The van der Waals surface area contributed by atoms with Crippen molar-refractivity contribution in [3.8, 4) is 0 Å². The van der Waals surface area contributed by atoms with Crippen LogP contribution in [0, 0.1) is 0 Å². The van der Waals surface area contributed by atoms with Crippen LogP contribution in [0.1, 0.15) is 6.92 Å². The summed E-state index contributed by atoms with van der Waals surface area (Å²) in [5, 5.41) is 15.1. The first-order chi connectivity index (χ1) is 5.22. The maximum absolute atomic E-state index is 11.1. The van der Waals surface area contributed by atoms with Crippen molar-refractivity contribution >= 4 is 5.78 Å². The van der Waals surface area contributed by atoms with Crippen LogP contribution in [0.5, 0.6) is 0 Å². The van der Waals surface area contributed by atoms with E-state index < -0.39 is 6.10 Å². The number of hydrogen-bond donors (Lipinski definition) is 3. The van der Waals surface area contributed by atoms with E-state index in [0.29, 0.717) is 6.54 Å². The van der Waals surface area contributed by atoms with Gasteiger partial charge in [-0.2, -0.15) is 0 Å². The predicted molar refractivity (Wildman–Crippen MR) is 41.3 cm³/mol. The van der Waals surface area contributed by atoms with Gasteiger partial charge in [0.1, 0.15) is 6.10 Å². The molecular formula is C7H14N2O2. The summed E-state index contributed by atoms with van der Waals surface area (Å²) in [6, 6.07) is -0.205. The summed E-state index contributed by atoms with van der Waals surface area (Å²) in [5.41, 5.74) is 0. The normalized spacial score (nSPS) is 28.0. The van der Waals surface area contributed by atoms with Crippen molar-refractivity contribution in [3.05, 3.63) is 0 Å². The molecule has 0 unspecified atom stereocenters. The summed E-state index contributed by atoms with van der Waals surface area (Å²) >= 11 is 0. The van der Waals surface area contributed by atoms with Crippen molar-refractivity contribution in [2.75, 3.05) is 19.6 Å². The van der Waals surface area contributed by atoms with Gasteiger partial charge < -0.3 is 15.7 Å². The van der Waals surface area contributed by atoms with E-state index in [9.17, 15) is 4.79 Å². The topological polar surface area (TPSA) is 61.4 Å². The molecule has 1 fully saturated rings.